The zero-order valence-corrected chi connectivity index (χ0v) is 24.4. The first kappa shape index (κ1) is 24.3. The second kappa shape index (κ2) is 8.75. The number of hydrogen-bond donors (Lipinski definition) is 0. The second-order valence-electron chi connectivity index (χ2n) is 11.2. The van der Waals surface area contributed by atoms with Crippen molar-refractivity contribution in [1.82, 2.24) is 0 Å². The molecule has 0 atom stereocenters. The van der Waals surface area contributed by atoms with E-state index in [2.05, 4.69) is 79.4 Å². The number of hydrogen-bond acceptors (Lipinski definition) is 3. The van der Waals surface area contributed by atoms with Crippen LogP contribution in [0.4, 0.5) is 15.9 Å². The fraction of sp³-hybridized carbons (Fsp3) is 0.0811. The van der Waals surface area contributed by atoms with Crippen LogP contribution >= 0.6 is 0 Å². The van der Waals surface area contributed by atoms with E-state index in [-0.39, 0.29) is 37.1 Å². The molecule has 0 unspecified atom stereocenters. The predicted molar refractivity (Wildman–Crippen MR) is 168 cm³/mol. The molecular weight excluding hydrogens is 569 g/mol. The first-order chi connectivity index (χ1) is 19.9. The van der Waals surface area contributed by atoms with E-state index in [0.29, 0.717) is 11.1 Å². The topological polar surface area (TPSA) is 37.4 Å². The number of Topliss-reactive ketones (excluding diaryl/α,β-unsaturated/α-hetero) is 2. The summed E-state index contributed by atoms with van der Waals surface area (Å²) in [7, 11) is 0. The molecule has 0 N–H and O–H groups in total. The van der Waals surface area contributed by atoms with Crippen LogP contribution in [0.1, 0.15) is 50.1 Å². The van der Waals surface area contributed by atoms with E-state index in [1.807, 2.05) is 54.6 Å². The minimum atomic E-state index is -0.174. The van der Waals surface area contributed by atoms with Gasteiger partial charge in [-0.25, -0.2) is 0 Å². The molecular formula is C37H25NO2Se. The van der Waals surface area contributed by atoms with Gasteiger partial charge in [0.15, 0.2) is 0 Å². The Morgan fingerprint density at radius 2 is 1.05 bits per heavy atom. The molecule has 6 aromatic rings. The average Bonchev–Trinajstić information content (AvgIpc) is 3.56. The van der Waals surface area contributed by atoms with Crippen molar-refractivity contribution in [2.24, 2.45) is 0 Å². The summed E-state index contributed by atoms with van der Waals surface area (Å²) in [6.07, 6.45) is 1.85. The summed E-state index contributed by atoms with van der Waals surface area (Å²) < 4.78 is 2.21. The molecule has 0 saturated carbocycles. The van der Waals surface area contributed by atoms with Gasteiger partial charge in [-0.1, -0.05) is 0 Å². The van der Waals surface area contributed by atoms with Crippen LogP contribution in [0, 0.1) is 0 Å². The average molecular weight is 595 g/mol. The summed E-state index contributed by atoms with van der Waals surface area (Å²) in [6.45, 7) is 4.57. The Morgan fingerprint density at radius 3 is 1.59 bits per heavy atom. The number of para-hydroxylation sites is 2. The van der Waals surface area contributed by atoms with Gasteiger partial charge in [0.1, 0.15) is 0 Å². The Bertz CT molecular complexity index is 2000. The van der Waals surface area contributed by atoms with Crippen molar-refractivity contribution in [3.8, 4) is 0 Å². The normalized spacial score (nSPS) is 15.3. The van der Waals surface area contributed by atoms with Crippen molar-refractivity contribution in [1.29, 1.82) is 0 Å². The molecule has 0 bridgehead atoms. The van der Waals surface area contributed by atoms with Crippen LogP contribution in [0.15, 0.2) is 115 Å². The van der Waals surface area contributed by atoms with Crippen LogP contribution < -0.4 is 4.90 Å². The van der Waals surface area contributed by atoms with E-state index in [1.54, 1.807) is 0 Å². The van der Waals surface area contributed by atoms with Crippen molar-refractivity contribution in [2.45, 2.75) is 19.3 Å². The molecule has 0 spiro atoms. The van der Waals surface area contributed by atoms with E-state index < -0.39 is 0 Å². The third kappa shape index (κ3) is 3.38. The summed E-state index contributed by atoms with van der Waals surface area (Å²) in [5, 5.41) is 3.69. The van der Waals surface area contributed by atoms with Crippen molar-refractivity contribution in [3.05, 3.63) is 141 Å². The van der Waals surface area contributed by atoms with Crippen molar-refractivity contribution >= 4 is 69.6 Å². The molecule has 196 valence electrons. The minimum absolute atomic E-state index is 0.0891. The van der Waals surface area contributed by atoms with E-state index in [9.17, 15) is 9.59 Å². The molecule has 4 heteroatoms. The van der Waals surface area contributed by atoms with E-state index >= 15 is 0 Å². The number of anilines is 3. The first-order valence-corrected chi connectivity index (χ1v) is 15.5. The number of carbonyl (C=O) groups is 2. The Morgan fingerprint density at radius 1 is 0.585 bits per heavy atom. The van der Waals surface area contributed by atoms with Crippen LogP contribution in [0.3, 0.4) is 0 Å². The molecule has 2 heterocycles. The van der Waals surface area contributed by atoms with Gasteiger partial charge in [0, 0.05) is 0 Å². The number of ketones is 2. The van der Waals surface area contributed by atoms with Crippen LogP contribution in [-0.2, 0) is 5.41 Å². The number of nitrogens with zero attached hydrogens (tertiary/aromatic N) is 1. The maximum absolute atomic E-state index is 13.9. The van der Waals surface area contributed by atoms with E-state index in [1.165, 1.54) is 27.1 Å². The molecule has 0 amide bonds. The summed E-state index contributed by atoms with van der Waals surface area (Å²) >= 11 is -0.0891. The summed E-state index contributed by atoms with van der Waals surface area (Å²) in [4.78, 5) is 30.2. The number of rotatable bonds is 2. The zero-order chi connectivity index (χ0) is 27.9. The first-order valence-electron chi connectivity index (χ1n) is 13.8. The van der Waals surface area contributed by atoms with Gasteiger partial charge in [-0.15, -0.1) is 0 Å². The monoisotopic (exact) mass is 595 g/mol. The van der Waals surface area contributed by atoms with Gasteiger partial charge < -0.3 is 0 Å². The van der Waals surface area contributed by atoms with Gasteiger partial charge in [-0.2, -0.15) is 0 Å². The molecule has 1 aromatic heterocycles. The third-order valence-corrected chi connectivity index (χ3v) is 10.8. The number of allylic oxidation sites excluding steroid dienone is 1. The summed E-state index contributed by atoms with van der Waals surface area (Å²) in [5.74, 6) is -0.347. The van der Waals surface area contributed by atoms with Gasteiger partial charge in [0.05, 0.1) is 0 Å². The molecule has 1 aliphatic carbocycles. The standard InChI is InChI=1S/C37H25NO2Se/c1-37(2)28-15-7-9-17-30(28)38(31-18-10-8-16-29(31)37)32-20-19-22(41-32)21-27-35(39)33-25-13-5-3-11-23(25)24-12-4-6-14-26(24)34(33)36(27)40/h3-21H,1-2H3. The molecule has 41 heavy (non-hydrogen) atoms. The van der Waals surface area contributed by atoms with Gasteiger partial charge in [0.2, 0.25) is 0 Å². The van der Waals surface area contributed by atoms with Crippen LogP contribution in [0.25, 0.3) is 27.6 Å². The fourth-order valence-corrected chi connectivity index (χ4v) is 8.76. The van der Waals surface area contributed by atoms with Crippen LogP contribution in [-0.4, -0.2) is 26.1 Å². The molecule has 8 rings (SSSR count). The van der Waals surface area contributed by atoms with Gasteiger partial charge >= 0.3 is 245 Å². The Kier molecular flexibility index (Phi) is 5.19. The molecule has 2 aliphatic rings. The Balaban J connectivity index is 1.26. The van der Waals surface area contributed by atoms with Gasteiger partial charge in [-0.3, -0.25) is 0 Å². The van der Waals surface area contributed by atoms with Gasteiger partial charge in [0.25, 0.3) is 0 Å². The Hall–Kier alpha value is -4.50. The Labute approximate surface area is 244 Å². The van der Waals surface area contributed by atoms with Crippen molar-refractivity contribution in [2.75, 3.05) is 4.90 Å². The maximum atomic E-state index is 13.9. The van der Waals surface area contributed by atoms with Crippen LogP contribution in [0.2, 0.25) is 0 Å². The quantitative estimate of drug-likeness (QED) is 0.0872. The molecule has 3 nitrogen and oxygen atoms in total. The van der Waals surface area contributed by atoms with E-state index in [4.69, 9.17) is 0 Å². The summed E-state index contributed by atoms with van der Waals surface area (Å²) in [6, 6.07) is 37.3. The zero-order valence-electron chi connectivity index (χ0n) is 22.6. The van der Waals surface area contributed by atoms with Crippen molar-refractivity contribution < 1.29 is 9.59 Å². The number of fused-ring (bicyclic) bond motifs is 8. The number of benzene rings is 5. The molecule has 5 aromatic carbocycles. The molecule has 0 fully saturated rings. The fourth-order valence-electron chi connectivity index (χ4n) is 6.71. The van der Waals surface area contributed by atoms with Crippen molar-refractivity contribution in [3.63, 3.8) is 0 Å². The third-order valence-electron chi connectivity index (χ3n) is 8.63. The van der Waals surface area contributed by atoms with Gasteiger partial charge in [-0.05, 0) is 0 Å². The molecule has 0 radical (unpaired) electrons. The van der Waals surface area contributed by atoms with E-state index in [0.717, 1.165) is 26.0 Å². The molecule has 1 aliphatic heterocycles. The predicted octanol–water partition coefficient (Wildman–Crippen LogP) is 8.62. The number of carbonyl (C=O) groups excluding carboxylic acids is 2. The summed E-state index contributed by atoms with van der Waals surface area (Å²) in [5.41, 5.74) is 6.18. The SMILES string of the molecule is CC1(C)c2ccccc2N(c2ccc(C=C3C(=O)c4c(c5ccccc5c5ccccc45)C3=O)[se]2)c2ccccc21. The van der Waals surface area contributed by atoms with Crippen LogP contribution in [0.5, 0.6) is 0 Å². The molecule has 0 saturated heterocycles. The second-order valence-corrected chi connectivity index (χ2v) is 13.5.